The van der Waals surface area contributed by atoms with E-state index in [0.29, 0.717) is 11.6 Å². The summed E-state index contributed by atoms with van der Waals surface area (Å²) in [7, 11) is 0. The largest absolute Gasteiger partial charge is 2.00 e. The Balaban J connectivity index is 0.00000144. The summed E-state index contributed by atoms with van der Waals surface area (Å²) in [5.41, 5.74) is 0. The molecule has 4 nitrogen and oxygen atoms in total. The third-order valence-corrected chi connectivity index (χ3v) is 1.24. The summed E-state index contributed by atoms with van der Waals surface area (Å²) < 4.78 is 0. The fourth-order valence-corrected chi connectivity index (χ4v) is 0.782. The van der Waals surface area contributed by atoms with Crippen LogP contribution in [0.15, 0.2) is 4.99 Å². The Kier molecular flexibility index (Phi) is 7.02. The van der Waals surface area contributed by atoms with Crippen LogP contribution in [0.5, 0.6) is 0 Å². The fourth-order valence-electron chi connectivity index (χ4n) is 0.782. The first-order valence-electron chi connectivity index (χ1n) is 3.85. The summed E-state index contributed by atoms with van der Waals surface area (Å²) >= 11 is 0. The van der Waals surface area contributed by atoms with Crippen molar-refractivity contribution in [3.05, 3.63) is 12.0 Å². The van der Waals surface area contributed by atoms with Gasteiger partial charge in [-0.1, -0.05) is 6.92 Å². The average Bonchev–Trinajstić information content (AvgIpc) is 2.06. The molecule has 0 aliphatic rings. The van der Waals surface area contributed by atoms with Gasteiger partial charge in [0.1, 0.15) is 5.82 Å². The van der Waals surface area contributed by atoms with Crippen LogP contribution in [0.25, 0.3) is 0 Å². The standard InChI is InChI=1S/C8H10N4.U/c1-3-5-7-11-8(9-4-2)6-10-12-7;/h3,5H2,1-2H3;/q-2;+2. The van der Waals surface area contributed by atoms with Crippen LogP contribution < -0.4 is 0 Å². The number of aromatic nitrogens is 3. The molecule has 0 aromatic carbocycles. The van der Waals surface area contributed by atoms with Crippen molar-refractivity contribution in [3.63, 3.8) is 0 Å². The molecule has 0 unspecified atom stereocenters. The van der Waals surface area contributed by atoms with Crippen LogP contribution in [0.4, 0.5) is 5.82 Å². The zero-order valence-electron chi connectivity index (χ0n) is 7.70. The first kappa shape index (κ1) is 12.7. The SMILES string of the molecule is C[C-]=Nc1[c-]nnc(CCC)n1.[U+2]. The first-order valence-corrected chi connectivity index (χ1v) is 3.85. The molecule has 1 aromatic heterocycles. The maximum absolute atomic E-state index is 4.09. The topological polar surface area (TPSA) is 51.0 Å². The Bertz CT molecular complexity index is 275. The molecule has 0 saturated carbocycles. The molecule has 1 heterocycles. The van der Waals surface area contributed by atoms with Crippen LogP contribution >= 0.6 is 0 Å². The van der Waals surface area contributed by atoms with Gasteiger partial charge in [-0.05, 0) is 6.42 Å². The Morgan fingerprint density at radius 3 is 2.92 bits per heavy atom. The zero-order chi connectivity index (χ0) is 8.81. The summed E-state index contributed by atoms with van der Waals surface area (Å²) in [5.74, 6) is 1.17. The minimum Gasteiger partial charge on any atom is -0.473 e. The summed E-state index contributed by atoms with van der Waals surface area (Å²) in [6, 6.07) is 0. The normalized spacial score (nSPS) is 10.0. The number of aliphatic imine (C=N–C) groups is 1. The molecule has 0 atom stereocenters. The molecule has 0 aliphatic carbocycles. The summed E-state index contributed by atoms with van der Waals surface area (Å²) in [6.45, 7) is 3.77. The second kappa shape index (κ2) is 7.17. The van der Waals surface area contributed by atoms with Gasteiger partial charge in [-0.2, -0.15) is 17.1 Å². The van der Waals surface area contributed by atoms with E-state index in [9.17, 15) is 0 Å². The van der Waals surface area contributed by atoms with Gasteiger partial charge in [0.2, 0.25) is 0 Å². The number of hydrogen-bond donors (Lipinski definition) is 0. The molecule has 0 amide bonds. The average molecular weight is 400 g/mol. The number of aryl methyl sites for hydroxylation is 1. The Morgan fingerprint density at radius 2 is 2.31 bits per heavy atom. The van der Waals surface area contributed by atoms with Crippen molar-refractivity contribution in [1.29, 1.82) is 0 Å². The molecule has 0 N–H and O–H groups in total. The Labute approximate surface area is 102 Å². The molecule has 0 spiro atoms. The third-order valence-electron chi connectivity index (χ3n) is 1.24. The number of hydrogen-bond acceptors (Lipinski definition) is 4. The van der Waals surface area contributed by atoms with Gasteiger partial charge >= 0.3 is 31.1 Å². The Hall–Kier alpha value is -0.268. The number of nitrogens with zero attached hydrogens (tertiary/aromatic N) is 4. The van der Waals surface area contributed by atoms with Crippen LogP contribution in [0.2, 0.25) is 0 Å². The first-order chi connectivity index (χ1) is 5.86. The third kappa shape index (κ3) is 4.49. The smallest absolute Gasteiger partial charge is 0.473 e. The summed E-state index contributed by atoms with van der Waals surface area (Å²) in [5, 5.41) is 7.46. The van der Waals surface area contributed by atoms with Gasteiger partial charge in [-0.25, -0.2) is 0 Å². The molecule has 1 rings (SSSR count). The van der Waals surface area contributed by atoms with E-state index < -0.39 is 0 Å². The predicted octanol–water partition coefficient (Wildman–Crippen LogP) is 1.22. The quantitative estimate of drug-likeness (QED) is 0.567. The van der Waals surface area contributed by atoms with Crippen LogP contribution in [0.3, 0.4) is 0 Å². The van der Waals surface area contributed by atoms with E-state index in [1.165, 1.54) is 0 Å². The van der Waals surface area contributed by atoms with Gasteiger partial charge in [-0.15, -0.1) is 6.92 Å². The van der Waals surface area contributed by atoms with Crippen molar-refractivity contribution in [3.8, 4) is 0 Å². The van der Waals surface area contributed by atoms with Crippen LogP contribution in [0.1, 0.15) is 26.1 Å². The van der Waals surface area contributed by atoms with E-state index >= 15 is 0 Å². The van der Waals surface area contributed by atoms with E-state index in [4.69, 9.17) is 0 Å². The minimum absolute atomic E-state index is 0. The maximum atomic E-state index is 4.09. The molecule has 1 aromatic rings. The Morgan fingerprint density at radius 1 is 1.54 bits per heavy atom. The van der Waals surface area contributed by atoms with Crippen LogP contribution in [0, 0.1) is 37.3 Å². The van der Waals surface area contributed by atoms with Crippen LogP contribution in [-0.2, 0) is 6.42 Å². The minimum atomic E-state index is 0. The maximum Gasteiger partial charge on any atom is 2.00 e. The van der Waals surface area contributed by atoms with Crippen molar-refractivity contribution in [2.24, 2.45) is 4.99 Å². The van der Waals surface area contributed by atoms with Crippen molar-refractivity contribution in [2.45, 2.75) is 26.7 Å². The monoisotopic (exact) mass is 400 g/mol. The van der Waals surface area contributed by atoms with Gasteiger partial charge in [-0.3, -0.25) is 0 Å². The van der Waals surface area contributed by atoms with Gasteiger partial charge in [0.05, 0.1) is 0 Å². The molecular weight excluding hydrogens is 390 g/mol. The molecule has 0 fully saturated rings. The van der Waals surface area contributed by atoms with Gasteiger partial charge in [0.15, 0.2) is 0 Å². The van der Waals surface area contributed by atoms with E-state index in [1.807, 2.05) is 0 Å². The summed E-state index contributed by atoms with van der Waals surface area (Å²) in [4.78, 5) is 7.92. The molecule has 66 valence electrons. The molecular formula is C8H10N4U. The van der Waals surface area contributed by atoms with Gasteiger partial charge < -0.3 is 21.3 Å². The second-order valence-corrected chi connectivity index (χ2v) is 2.25. The van der Waals surface area contributed by atoms with Crippen molar-refractivity contribution in [1.82, 2.24) is 15.2 Å². The van der Waals surface area contributed by atoms with E-state index in [1.54, 1.807) is 6.92 Å². The van der Waals surface area contributed by atoms with Gasteiger partial charge in [0, 0.05) is 6.42 Å². The zero-order valence-corrected chi connectivity index (χ0v) is 11.9. The predicted molar refractivity (Wildman–Crippen MR) is 45.4 cm³/mol. The van der Waals surface area contributed by atoms with Gasteiger partial charge in [0.25, 0.3) is 0 Å². The molecule has 0 saturated heterocycles. The van der Waals surface area contributed by atoms with Crippen molar-refractivity contribution >= 4 is 12.0 Å². The molecule has 0 radical (unpaired) electrons. The molecule has 13 heavy (non-hydrogen) atoms. The summed E-state index contributed by atoms with van der Waals surface area (Å²) in [6.07, 6.45) is 7.02. The molecule has 5 heteroatoms. The number of rotatable bonds is 3. The van der Waals surface area contributed by atoms with Crippen LogP contribution in [-0.4, -0.2) is 21.4 Å². The van der Waals surface area contributed by atoms with Crippen molar-refractivity contribution in [2.75, 3.05) is 0 Å². The van der Waals surface area contributed by atoms with Crippen molar-refractivity contribution < 1.29 is 31.1 Å². The van der Waals surface area contributed by atoms with E-state index in [-0.39, 0.29) is 31.1 Å². The molecule has 0 aliphatic heterocycles. The van der Waals surface area contributed by atoms with E-state index in [0.717, 1.165) is 12.8 Å². The second-order valence-electron chi connectivity index (χ2n) is 2.25. The van der Waals surface area contributed by atoms with E-state index in [2.05, 4.69) is 39.5 Å². The molecule has 0 bridgehead atoms. The fraction of sp³-hybridized carbons (Fsp3) is 0.500.